The molecule has 1 heterocycles. The Bertz CT molecular complexity index is 433. The Kier molecular flexibility index (Phi) is 3.02. The summed E-state index contributed by atoms with van der Waals surface area (Å²) < 4.78 is 5.39. The molecule has 3 heteroatoms. The molecule has 0 N–H and O–H groups in total. The van der Waals surface area contributed by atoms with Crippen molar-refractivity contribution in [2.75, 3.05) is 6.61 Å². The van der Waals surface area contributed by atoms with Crippen LogP contribution < -0.4 is 4.74 Å². The highest BCUT2D eigenvalue weighted by Gasteiger charge is 2.01. The van der Waals surface area contributed by atoms with E-state index in [1.165, 1.54) is 10.4 Å². The molecule has 0 radical (unpaired) electrons. The zero-order valence-electron chi connectivity index (χ0n) is 8.86. The quantitative estimate of drug-likeness (QED) is 0.788. The van der Waals surface area contributed by atoms with Crippen LogP contribution in [0.15, 0.2) is 30.5 Å². The van der Waals surface area contributed by atoms with Crippen LogP contribution in [0.25, 0.3) is 10.4 Å². The standard InChI is InChI=1S/C12H13NOS/c1-3-14-11-6-4-10(5-7-11)12-8-13-9(2)15-12/h4-8H,3H2,1-2H3. The molecule has 0 saturated heterocycles. The monoisotopic (exact) mass is 219 g/mol. The molecule has 2 nitrogen and oxygen atoms in total. The van der Waals surface area contributed by atoms with Crippen molar-refractivity contribution >= 4 is 11.3 Å². The molecule has 0 amide bonds. The summed E-state index contributed by atoms with van der Waals surface area (Å²) in [4.78, 5) is 5.44. The minimum atomic E-state index is 0.707. The predicted octanol–water partition coefficient (Wildman–Crippen LogP) is 3.52. The van der Waals surface area contributed by atoms with Crippen LogP contribution in [0.5, 0.6) is 5.75 Å². The summed E-state index contributed by atoms with van der Waals surface area (Å²) in [5.41, 5.74) is 1.20. The van der Waals surface area contributed by atoms with Crippen LogP contribution in [0.1, 0.15) is 11.9 Å². The van der Waals surface area contributed by atoms with Gasteiger partial charge in [0, 0.05) is 6.20 Å². The Balaban J connectivity index is 2.23. The van der Waals surface area contributed by atoms with Crippen molar-refractivity contribution in [1.82, 2.24) is 4.98 Å². The molecule has 0 bridgehead atoms. The molecule has 0 spiro atoms. The number of hydrogen-bond acceptors (Lipinski definition) is 3. The van der Waals surface area contributed by atoms with Crippen LogP contribution >= 0.6 is 11.3 Å². The van der Waals surface area contributed by atoms with Gasteiger partial charge in [-0.1, -0.05) is 0 Å². The second-order valence-electron chi connectivity index (χ2n) is 3.20. The smallest absolute Gasteiger partial charge is 0.119 e. The number of rotatable bonds is 3. The molecule has 0 fully saturated rings. The summed E-state index contributed by atoms with van der Waals surface area (Å²) in [7, 11) is 0. The maximum Gasteiger partial charge on any atom is 0.119 e. The van der Waals surface area contributed by atoms with Crippen molar-refractivity contribution in [1.29, 1.82) is 0 Å². The molecular formula is C12H13NOS. The lowest BCUT2D eigenvalue weighted by molar-refractivity contribution is 0.340. The van der Waals surface area contributed by atoms with E-state index in [1.54, 1.807) is 11.3 Å². The van der Waals surface area contributed by atoms with Crippen LogP contribution in [-0.2, 0) is 0 Å². The van der Waals surface area contributed by atoms with E-state index in [2.05, 4.69) is 17.1 Å². The normalized spacial score (nSPS) is 10.3. The number of benzene rings is 1. The van der Waals surface area contributed by atoms with E-state index in [0.717, 1.165) is 10.8 Å². The maximum absolute atomic E-state index is 5.39. The van der Waals surface area contributed by atoms with E-state index >= 15 is 0 Å². The molecular weight excluding hydrogens is 206 g/mol. The van der Waals surface area contributed by atoms with Gasteiger partial charge in [-0.25, -0.2) is 4.98 Å². The fraction of sp³-hybridized carbons (Fsp3) is 0.250. The minimum Gasteiger partial charge on any atom is -0.494 e. The highest BCUT2D eigenvalue weighted by Crippen LogP contribution is 2.27. The van der Waals surface area contributed by atoms with Crippen LogP contribution in [0.3, 0.4) is 0 Å². The van der Waals surface area contributed by atoms with Gasteiger partial charge in [-0.05, 0) is 43.7 Å². The zero-order valence-corrected chi connectivity index (χ0v) is 9.67. The molecule has 2 rings (SSSR count). The van der Waals surface area contributed by atoms with Crippen molar-refractivity contribution in [3.05, 3.63) is 35.5 Å². The summed E-state index contributed by atoms with van der Waals surface area (Å²) in [6.07, 6.45) is 1.91. The Morgan fingerprint density at radius 3 is 2.53 bits per heavy atom. The number of ether oxygens (including phenoxy) is 1. The van der Waals surface area contributed by atoms with Crippen molar-refractivity contribution in [2.45, 2.75) is 13.8 Å². The average molecular weight is 219 g/mol. The molecule has 78 valence electrons. The SMILES string of the molecule is CCOc1ccc(-c2cnc(C)s2)cc1. The Labute approximate surface area is 93.6 Å². The topological polar surface area (TPSA) is 22.1 Å². The largest absolute Gasteiger partial charge is 0.494 e. The zero-order chi connectivity index (χ0) is 10.7. The van der Waals surface area contributed by atoms with Gasteiger partial charge >= 0.3 is 0 Å². The van der Waals surface area contributed by atoms with Crippen molar-refractivity contribution in [3.8, 4) is 16.2 Å². The summed E-state index contributed by atoms with van der Waals surface area (Å²) in [6, 6.07) is 8.12. The van der Waals surface area contributed by atoms with E-state index < -0.39 is 0 Å². The van der Waals surface area contributed by atoms with Gasteiger partial charge in [0.25, 0.3) is 0 Å². The van der Waals surface area contributed by atoms with E-state index in [0.29, 0.717) is 6.61 Å². The third-order valence-electron chi connectivity index (χ3n) is 2.07. The Morgan fingerprint density at radius 1 is 1.27 bits per heavy atom. The van der Waals surface area contributed by atoms with Gasteiger partial charge in [0.1, 0.15) is 5.75 Å². The highest BCUT2D eigenvalue weighted by atomic mass is 32.1. The summed E-state index contributed by atoms with van der Waals surface area (Å²) >= 11 is 1.71. The number of hydrogen-bond donors (Lipinski definition) is 0. The second kappa shape index (κ2) is 4.45. The molecule has 0 aliphatic carbocycles. The summed E-state index contributed by atoms with van der Waals surface area (Å²) in [6.45, 7) is 4.71. The number of aryl methyl sites for hydroxylation is 1. The van der Waals surface area contributed by atoms with Gasteiger partial charge in [0.05, 0.1) is 16.5 Å². The fourth-order valence-electron chi connectivity index (χ4n) is 1.38. The number of nitrogens with zero attached hydrogens (tertiary/aromatic N) is 1. The first-order chi connectivity index (χ1) is 7.29. The lowest BCUT2D eigenvalue weighted by Gasteiger charge is -2.02. The first-order valence-corrected chi connectivity index (χ1v) is 5.77. The highest BCUT2D eigenvalue weighted by molar-refractivity contribution is 7.15. The predicted molar refractivity (Wildman–Crippen MR) is 63.5 cm³/mol. The van der Waals surface area contributed by atoms with Gasteiger partial charge in [-0.2, -0.15) is 0 Å². The van der Waals surface area contributed by atoms with E-state index in [1.807, 2.05) is 32.2 Å². The van der Waals surface area contributed by atoms with Gasteiger partial charge in [-0.3, -0.25) is 0 Å². The Hall–Kier alpha value is -1.35. The number of thiazole rings is 1. The minimum absolute atomic E-state index is 0.707. The molecule has 0 aliphatic rings. The molecule has 15 heavy (non-hydrogen) atoms. The summed E-state index contributed by atoms with van der Waals surface area (Å²) in [5.74, 6) is 0.919. The maximum atomic E-state index is 5.39. The van der Waals surface area contributed by atoms with Crippen LogP contribution in [-0.4, -0.2) is 11.6 Å². The van der Waals surface area contributed by atoms with Gasteiger partial charge in [0.2, 0.25) is 0 Å². The second-order valence-corrected chi connectivity index (χ2v) is 4.44. The molecule has 0 aliphatic heterocycles. The third kappa shape index (κ3) is 2.36. The van der Waals surface area contributed by atoms with E-state index in [9.17, 15) is 0 Å². The van der Waals surface area contributed by atoms with Crippen LogP contribution in [0.4, 0.5) is 0 Å². The third-order valence-corrected chi connectivity index (χ3v) is 3.03. The van der Waals surface area contributed by atoms with Crippen molar-refractivity contribution in [2.24, 2.45) is 0 Å². The first kappa shape index (κ1) is 10.2. The van der Waals surface area contributed by atoms with Gasteiger partial charge in [-0.15, -0.1) is 11.3 Å². The summed E-state index contributed by atoms with van der Waals surface area (Å²) in [5, 5.41) is 1.10. The van der Waals surface area contributed by atoms with Gasteiger partial charge in [0.15, 0.2) is 0 Å². The molecule has 0 saturated carbocycles. The lowest BCUT2D eigenvalue weighted by atomic mass is 10.2. The van der Waals surface area contributed by atoms with Crippen LogP contribution in [0, 0.1) is 6.92 Å². The molecule has 0 atom stereocenters. The number of aromatic nitrogens is 1. The fourth-order valence-corrected chi connectivity index (χ4v) is 2.16. The van der Waals surface area contributed by atoms with Crippen LogP contribution in [0.2, 0.25) is 0 Å². The van der Waals surface area contributed by atoms with Crippen molar-refractivity contribution < 1.29 is 4.74 Å². The molecule has 2 aromatic rings. The molecule has 1 aromatic heterocycles. The molecule has 1 aromatic carbocycles. The van der Waals surface area contributed by atoms with E-state index in [-0.39, 0.29) is 0 Å². The molecule has 0 unspecified atom stereocenters. The van der Waals surface area contributed by atoms with Crippen molar-refractivity contribution in [3.63, 3.8) is 0 Å². The first-order valence-electron chi connectivity index (χ1n) is 4.95. The lowest BCUT2D eigenvalue weighted by Crippen LogP contribution is -1.90. The van der Waals surface area contributed by atoms with Gasteiger partial charge < -0.3 is 4.74 Å². The Morgan fingerprint density at radius 2 is 2.00 bits per heavy atom. The average Bonchev–Trinajstić information content (AvgIpc) is 2.67. The van der Waals surface area contributed by atoms with E-state index in [4.69, 9.17) is 4.74 Å².